The quantitative estimate of drug-likeness (QED) is 0.532. The van der Waals surface area contributed by atoms with E-state index in [1.54, 1.807) is 24.5 Å². The van der Waals surface area contributed by atoms with Crippen molar-refractivity contribution in [1.82, 2.24) is 4.98 Å². The Morgan fingerprint density at radius 2 is 2.07 bits per heavy atom. The summed E-state index contributed by atoms with van der Waals surface area (Å²) in [4.78, 5) is 15.2. The van der Waals surface area contributed by atoms with Gasteiger partial charge in [0.25, 0.3) is 0 Å². The van der Waals surface area contributed by atoms with Crippen molar-refractivity contribution in [2.45, 2.75) is 26.2 Å². The molecule has 0 amide bonds. The summed E-state index contributed by atoms with van der Waals surface area (Å²) in [7, 11) is 0. The topological polar surface area (TPSA) is 39.2 Å². The zero-order valence-corrected chi connectivity index (χ0v) is 8.40. The number of ether oxygens (including phenoxy) is 1. The molecule has 0 saturated carbocycles. The molecule has 0 radical (unpaired) electrons. The van der Waals surface area contributed by atoms with E-state index in [9.17, 15) is 4.79 Å². The van der Waals surface area contributed by atoms with Crippen molar-refractivity contribution in [3.63, 3.8) is 0 Å². The molecule has 14 heavy (non-hydrogen) atoms. The minimum atomic E-state index is -0.261. The Bertz CT molecular complexity index is 272. The molecule has 1 aromatic rings. The number of esters is 1. The maximum Gasteiger partial charge on any atom is 0.338 e. The molecule has 0 saturated heterocycles. The second kappa shape index (κ2) is 6.13. The SMILES string of the molecule is CCCCCOC(=O)c1ccncc1. The molecule has 0 aliphatic rings. The molecular weight excluding hydrogens is 178 g/mol. The molecule has 1 heterocycles. The number of carbonyl (C=O) groups is 1. The Hall–Kier alpha value is -1.38. The van der Waals surface area contributed by atoms with Crippen LogP contribution in [0.2, 0.25) is 0 Å². The fourth-order valence-electron chi connectivity index (χ4n) is 1.09. The highest BCUT2D eigenvalue weighted by Gasteiger charge is 2.04. The van der Waals surface area contributed by atoms with Crippen molar-refractivity contribution >= 4 is 5.97 Å². The van der Waals surface area contributed by atoms with Crippen LogP contribution in [0.5, 0.6) is 0 Å². The Kier molecular flexibility index (Phi) is 4.69. The van der Waals surface area contributed by atoms with E-state index in [-0.39, 0.29) is 5.97 Å². The van der Waals surface area contributed by atoms with Crippen molar-refractivity contribution in [2.24, 2.45) is 0 Å². The summed E-state index contributed by atoms with van der Waals surface area (Å²) in [5.41, 5.74) is 0.566. The molecule has 0 aliphatic heterocycles. The lowest BCUT2D eigenvalue weighted by atomic mass is 10.2. The summed E-state index contributed by atoms with van der Waals surface area (Å²) in [6.07, 6.45) is 6.34. The number of rotatable bonds is 5. The molecule has 3 heteroatoms. The molecule has 0 bridgehead atoms. The highest BCUT2D eigenvalue weighted by Crippen LogP contribution is 2.01. The van der Waals surface area contributed by atoms with E-state index in [1.807, 2.05) is 0 Å². The van der Waals surface area contributed by atoms with Crippen molar-refractivity contribution in [3.8, 4) is 0 Å². The second-order valence-corrected chi connectivity index (χ2v) is 3.08. The molecule has 0 fully saturated rings. The number of hydrogen-bond acceptors (Lipinski definition) is 3. The molecule has 0 aliphatic carbocycles. The van der Waals surface area contributed by atoms with E-state index >= 15 is 0 Å². The van der Waals surface area contributed by atoms with Crippen molar-refractivity contribution < 1.29 is 9.53 Å². The third-order valence-electron chi connectivity index (χ3n) is 1.90. The van der Waals surface area contributed by atoms with Crippen LogP contribution in [-0.2, 0) is 4.74 Å². The van der Waals surface area contributed by atoms with Gasteiger partial charge in [0.2, 0.25) is 0 Å². The fourth-order valence-corrected chi connectivity index (χ4v) is 1.09. The zero-order chi connectivity index (χ0) is 10.2. The summed E-state index contributed by atoms with van der Waals surface area (Å²) >= 11 is 0. The predicted octanol–water partition coefficient (Wildman–Crippen LogP) is 2.43. The molecule has 3 nitrogen and oxygen atoms in total. The summed E-state index contributed by atoms with van der Waals surface area (Å²) in [5.74, 6) is -0.261. The largest absolute Gasteiger partial charge is 0.462 e. The van der Waals surface area contributed by atoms with Gasteiger partial charge in [-0.25, -0.2) is 4.79 Å². The number of hydrogen-bond donors (Lipinski definition) is 0. The summed E-state index contributed by atoms with van der Waals surface area (Å²) in [5, 5.41) is 0. The van der Waals surface area contributed by atoms with Crippen LogP contribution in [0.4, 0.5) is 0 Å². The van der Waals surface area contributed by atoms with Crippen LogP contribution in [0, 0.1) is 0 Å². The maximum absolute atomic E-state index is 11.4. The van der Waals surface area contributed by atoms with Crippen molar-refractivity contribution in [2.75, 3.05) is 6.61 Å². The summed E-state index contributed by atoms with van der Waals surface area (Å²) < 4.78 is 5.06. The van der Waals surface area contributed by atoms with Gasteiger partial charge in [-0.15, -0.1) is 0 Å². The number of unbranched alkanes of at least 4 members (excludes halogenated alkanes) is 2. The van der Waals surface area contributed by atoms with Gasteiger partial charge in [0.1, 0.15) is 0 Å². The Morgan fingerprint density at radius 3 is 2.71 bits per heavy atom. The second-order valence-electron chi connectivity index (χ2n) is 3.08. The van der Waals surface area contributed by atoms with Crippen LogP contribution in [0.15, 0.2) is 24.5 Å². The lowest BCUT2D eigenvalue weighted by Crippen LogP contribution is -2.06. The van der Waals surface area contributed by atoms with Gasteiger partial charge in [-0.2, -0.15) is 0 Å². The summed E-state index contributed by atoms with van der Waals surface area (Å²) in [6.45, 7) is 2.62. The molecule has 0 atom stereocenters. The van der Waals surface area contributed by atoms with Gasteiger partial charge in [-0.1, -0.05) is 19.8 Å². The molecule has 0 aromatic carbocycles. The minimum Gasteiger partial charge on any atom is -0.462 e. The Morgan fingerprint density at radius 1 is 1.36 bits per heavy atom. The highest BCUT2D eigenvalue weighted by atomic mass is 16.5. The van der Waals surface area contributed by atoms with Gasteiger partial charge in [0, 0.05) is 12.4 Å². The maximum atomic E-state index is 11.4. The van der Waals surface area contributed by atoms with Gasteiger partial charge < -0.3 is 4.74 Å². The Balaban J connectivity index is 2.29. The van der Waals surface area contributed by atoms with Crippen LogP contribution >= 0.6 is 0 Å². The van der Waals surface area contributed by atoms with Crippen LogP contribution in [0.25, 0.3) is 0 Å². The van der Waals surface area contributed by atoms with Gasteiger partial charge in [0.05, 0.1) is 12.2 Å². The first-order valence-corrected chi connectivity index (χ1v) is 4.91. The first kappa shape index (κ1) is 10.7. The van der Waals surface area contributed by atoms with Crippen LogP contribution in [0.1, 0.15) is 36.5 Å². The van der Waals surface area contributed by atoms with Gasteiger partial charge >= 0.3 is 5.97 Å². The fraction of sp³-hybridized carbons (Fsp3) is 0.455. The number of nitrogens with zero attached hydrogens (tertiary/aromatic N) is 1. The van der Waals surface area contributed by atoms with E-state index < -0.39 is 0 Å². The molecule has 1 aromatic heterocycles. The van der Waals surface area contributed by atoms with Gasteiger partial charge in [-0.05, 0) is 18.6 Å². The van der Waals surface area contributed by atoms with E-state index in [1.165, 1.54) is 0 Å². The lowest BCUT2D eigenvalue weighted by Gasteiger charge is -2.03. The first-order chi connectivity index (χ1) is 6.84. The van der Waals surface area contributed by atoms with Crippen molar-refractivity contribution in [1.29, 1.82) is 0 Å². The molecule has 1 rings (SSSR count). The first-order valence-electron chi connectivity index (χ1n) is 4.91. The number of aromatic nitrogens is 1. The average molecular weight is 193 g/mol. The monoisotopic (exact) mass is 193 g/mol. The summed E-state index contributed by atoms with van der Waals surface area (Å²) in [6, 6.07) is 3.31. The normalized spacial score (nSPS) is 9.79. The van der Waals surface area contributed by atoms with Crippen LogP contribution in [-0.4, -0.2) is 17.6 Å². The Labute approximate surface area is 84.1 Å². The molecule has 0 N–H and O–H groups in total. The average Bonchev–Trinajstić information content (AvgIpc) is 2.25. The predicted molar refractivity (Wildman–Crippen MR) is 54.0 cm³/mol. The molecular formula is C11H15NO2. The number of pyridine rings is 1. The van der Waals surface area contributed by atoms with Gasteiger partial charge in [0.15, 0.2) is 0 Å². The third-order valence-corrected chi connectivity index (χ3v) is 1.90. The smallest absolute Gasteiger partial charge is 0.338 e. The molecule has 76 valence electrons. The minimum absolute atomic E-state index is 0.261. The standard InChI is InChI=1S/C11H15NO2/c1-2-3-4-9-14-11(13)10-5-7-12-8-6-10/h5-8H,2-4,9H2,1H3. The van der Waals surface area contributed by atoms with Crippen LogP contribution in [0.3, 0.4) is 0 Å². The van der Waals surface area contributed by atoms with Crippen molar-refractivity contribution in [3.05, 3.63) is 30.1 Å². The van der Waals surface area contributed by atoms with E-state index in [0.29, 0.717) is 12.2 Å². The van der Waals surface area contributed by atoms with Crippen LogP contribution < -0.4 is 0 Å². The molecule has 0 unspecified atom stereocenters. The highest BCUT2D eigenvalue weighted by molar-refractivity contribution is 5.89. The number of carbonyl (C=O) groups excluding carboxylic acids is 1. The van der Waals surface area contributed by atoms with E-state index in [0.717, 1.165) is 19.3 Å². The zero-order valence-electron chi connectivity index (χ0n) is 8.40. The van der Waals surface area contributed by atoms with Gasteiger partial charge in [-0.3, -0.25) is 4.98 Å². The third kappa shape index (κ3) is 3.56. The van der Waals surface area contributed by atoms with E-state index in [2.05, 4.69) is 11.9 Å². The lowest BCUT2D eigenvalue weighted by molar-refractivity contribution is 0.0498. The van der Waals surface area contributed by atoms with E-state index in [4.69, 9.17) is 4.74 Å². The molecule has 0 spiro atoms.